The molecule has 0 aliphatic carbocycles. The van der Waals surface area contributed by atoms with Crippen LogP contribution in [-0.4, -0.2) is 35.4 Å². The van der Waals surface area contributed by atoms with Gasteiger partial charge in [0.2, 0.25) is 0 Å². The highest BCUT2D eigenvalue weighted by molar-refractivity contribution is 5.99. The number of nitro benzene ring substituents is 1. The van der Waals surface area contributed by atoms with E-state index >= 15 is 0 Å². The molecule has 0 saturated carbocycles. The Morgan fingerprint density at radius 2 is 1.86 bits per heavy atom. The van der Waals surface area contributed by atoms with E-state index in [-0.39, 0.29) is 17.2 Å². The Hall–Kier alpha value is -2.11. The quantitative estimate of drug-likeness (QED) is 0.589. The summed E-state index contributed by atoms with van der Waals surface area (Å²) in [4.78, 5) is 24.9. The van der Waals surface area contributed by atoms with E-state index in [0.717, 1.165) is 18.5 Å². The van der Waals surface area contributed by atoms with Crippen molar-refractivity contribution in [3.8, 4) is 0 Å². The maximum atomic E-state index is 12.6. The number of hydrogen-bond acceptors (Lipinski definition) is 4. The monoisotopic (exact) mass is 293 g/mol. The van der Waals surface area contributed by atoms with Gasteiger partial charge in [0.05, 0.1) is 4.92 Å². The summed E-state index contributed by atoms with van der Waals surface area (Å²) in [5.41, 5.74) is 0.735. The molecule has 6 heteroatoms. The maximum Gasteiger partial charge on any atom is 0.282 e. The van der Waals surface area contributed by atoms with Crippen molar-refractivity contribution in [3.05, 3.63) is 33.9 Å². The van der Waals surface area contributed by atoms with Gasteiger partial charge in [-0.1, -0.05) is 13.8 Å². The lowest BCUT2D eigenvalue weighted by Gasteiger charge is -2.21. The van der Waals surface area contributed by atoms with E-state index in [4.69, 9.17) is 0 Å². The number of nitrogens with one attached hydrogen (secondary N) is 1. The molecule has 1 aromatic rings. The molecule has 0 fully saturated rings. The predicted molar refractivity (Wildman–Crippen MR) is 83.7 cm³/mol. The Bertz CT molecular complexity index is 497. The maximum absolute atomic E-state index is 12.6. The first-order valence-electron chi connectivity index (χ1n) is 7.36. The number of hydrogen-bond donors (Lipinski definition) is 1. The topological polar surface area (TPSA) is 75.5 Å². The molecular formula is C15H23N3O3. The van der Waals surface area contributed by atoms with Crippen molar-refractivity contribution >= 4 is 17.3 Å². The minimum absolute atomic E-state index is 0.140. The van der Waals surface area contributed by atoms with Crippen molar-refractivity contribution in [1.29, 1.82) is 0 Å². The highest BCUT2D eigenvalue weighted by Crippen LogP contribution is 2.24. The summed E-state index contributed by atoms with van der Waals surface area (Å²) in [6, 6.07) is 4.59. The summed E-state index contributed by atoms with van der Waals surface area (Å²) < 4.78 is 0. The molecule has 0 unspecified atom stereocenters. The van der Waals surface area contributed by atoms with E-state index in [0.29, 0.717) is 19.6 Å². The average molecular weight is 293 g/mol. The molecule has 0 atom stereocenters. The van der Waals surface area contributed by atoms with Crippen molar-refractivity contribution in [2.24, 2.45) is 0 Å². The third-order valence-electron chi connectivity index (χ3n) is 3.08. The summed E-state index contributed by atoms with van der Waals surface area (Å²) in [5, 5.41) is 14.2. The van der Waals surface area contributed by atoms with Gasteiger partial charge in [-0.25, -0.2) is 0 Å². The third-order valence-corrected chi connectivity index (χ3v) is 3.08. The van der Waals surface area contributed by atoms with Gasteiger partial charge in [0.1, 0.15) is 5.56 Å². The Morgan fingerprint density at radius 3 is 2.33 bits per heavy atom. The molecule has 0 heterocycles. The highest BCUT2D eigenvalue weighted by atomic mass is 16.6. The number of benzene rings is 1. The molecule has 1 N–H and O–H groups in total. The largest absolute Gasteiger partial charge is 0.385 e. The Balaban J connectivity index is 3.19. The van der Waals surface area contributed by atoms with Crippen molar-refractivity contribution in [3.63, 3.8) is 0 Å². The van der Waals surface area contributed by atoms with Crippen molar-refractivity contribution < 1.29 is 9.72 Å². The van der Waals surface area contributed by atoms with Gasteiger partial charge < -0.3 is 10.2 Å². The van der Waals surface area contributed by atoms with Crippen LogP contribution in [-0.2, 0) is 0 Å². The van der Waals surface area contributed by atoms with E-state index in [9.17, 15) is 14.9 Å². The molecule has 1 amide bonds. The molecule has 1 aromatic carbocycles. The van der Waals surface area contributed by atoms with E-state index in [2.05, 4.69) is 5.32 Å². The van der Waals surface area contributed by atoms with Crippen LogP contribution in [0.5, 0.6) is 0 Å². The minimum Gasteiger partial charge on any atom is -0.385 e. The zero-order chi connectivity index (χ0) is 15.8. The second-order valence-corrected chi connectivity index (χ2v) is 4.81. The SMILES string of the molecule is CCCN(CCC)C(=O)c1cc(NCC)ccc1[N+](=O)[O-]. The zero-order valence-corrected chi connectivity index (χ0v) is 12.9. The number of amides is 1. The van der Waals surface area contributed by atoms with Gasteiger partial charge in [0.25, 0.3) is 11.6 Å². The number of nitrogens with zero attached hydrogens (tertiary/aromatic N) is 2. The summed E-state index contributed by atoms with van der Waals surface area (Å²) in [7, 11) is 0. The highest BCUT2D eigenvalue weighted by Gasteiger charge is 2.24. The summed E-state index contributed by atoms with van der Waals surface area (Å²) >= 11 is 0. The number of anilines is 1. The minimum atomic E-state index is -0.501. The van der Waals surface area contributed by atoms with Crippen molar-refractivity contribution in [2.45, 2.75) is 33.6 Å². The molecule has 116 valence electrons. The third kappa shape index (κ3) is 4.44. The van der Waals surface area contributed by atoms with E-state index in [1.165, 1.54) is 6.07 Å². The number of rotatable bonds is 8. The van der Waals surface area contributed by atoms with Gasteiger partial charge in [0, 0.05) is 31.4 Å². The summed E-state index contributed by atoms with van der Waals surface area (Å²) in [6.07, 6.45) is 1.65. The second kappa shape index (κ2) is 8.24. The van der Waals surface area contributed by atoms with E-state index < -0.39 is 4.92 Å². The number of nitro groups is 1. The normalized spacial score (nSPS) is 10.2. The molecule has 0 aliphatic heterocycles. The Kier molecular flexibility index (Phi) is 6.65. The molecule has 0 bridgehead atoms. The first-order chi connectivity index (χ1) is 10.0. The Labute approximate surface area is 125 Å². The van der Waals surface area contributed by atoms with Gasteiger partial charge >= 0.3 is 0 Å². The number of carbonyl (C=O) groups is 1. The molecule has 1 rings (SSSR count). The fourth-order valence-corrected chi connectivity index (χ4v) is 2.21. The van der Waals surface area contributed by atoms with Crippen LogP contribution in [0, 0.1) is 10.1 Å². The predicted octanol–water partition coefficient (Wildman–Crippen LogP) is 3.29. The molecular weight excluding hydrogens is 270 g/mol. The van der Waals surface area contributed by atoms with Gasteiger partial charge in [-0.2, -0.15) is 0 Å². The smallest absolute Gasteiger partial charge is 0.282 e. The summed E-state index contributed by atoms with van der Waals surface area (Å²) in [6.45, 7) is 7.81. The van der Waals surface area contributed by atoms with Gasteiger partial charge in [0.15, 0.2) is 0 Å². The van der Waals surface area contributed by atoms with Crippen LogP contribution in [0.4, 0.5) is 11.4 Å². The van der Waals surface area contributed by atoms with E-state index in [1.54, 1.807) is 17.0 Å². The second-order valence-electron chi connectivity index (χ2n) is 4.81. The zero-order valence-electron chi connectivity index (χ0n) is 12.9. The fraction of sp³-hybridized carbons (Fsp3) is 0.533. The lowest BCUT2D eigenvalue weighted by atomic mass is 10.1. The number of carbonyl (C=O) groups excluding carboxylic acids is 1. The average Bonchev–Trinajstić information content (AvgIpc) is 2.46. The molecule has 0 saturated heterocycles. The lowest BCUT2D eigenvalue weighted by molar-refractivity contribution is -0.385. The first-order valence-corrected chi connectivity index (χ1v) is 7.36. The van der Waals surface area contributed by atoms with Crippen LogP contribution >= 0.6 is 0 Å². The van der Waals surface area contributed by atoms with Crippen LogP contribution in [0.1, 0.15) is 44.0 Å². The van der Waals surface area contributed by atoms with Crippen LogP contribution in [0.25, 0.3) is 0 Å². The molecule has 0 aromatic heterocycles. The molecule has 6 nitrogen and oxygen atoms in total. The van der Waals surface area contributed by atoms with Crippen LogP contribution in [0.3, 0.4) is 0 Å². The van der Waals surface area contributed by atoms with E-state index in [1.807, 2.05) is 20.8 Å². The van der Waals surface area contributed by atoms with Crippen LogP contribution in [0.15, 0.2) is 18.2 Å². The van der Waals surface area contributed by atoms with Gasteiger partial charge in [-0.05, 0) is 31.9 Å². The summed E-state index contributed by atoms with van der Waals surface area (Å²) in [5.74, 6) is -0.273. The molecule has 21 heavy (non-hydrogen) atoms. The Morgan fingerprint density at radius 1 is 1.24 bits per heavy atom. The fourth-order valence-electron chi connectivity index (χ4n) is 2.21. The van der Waals surface area contributed by atoms with Crippen LogP contribution in [0.2, 0.25) is 0 Å². The van der Waals surface area contributed by atoms with Crippen molar-refractivity contribution in [1.82, 2.24) is 4.90 Å². The first kappa shape index (κ1) is 16.9. The van der Waals surface area contributed by atoms with Crippen LogP contribution < -0.4 is 5.32 Å². The molecule has 0 radical (unpaired) electrons. The van der Waals surface area contributed by atoms with Gasteiger partial charge in [-0.3, -0.25) is 14.9 Å². The molecule has 0 spiro atoms. The standard InChI is InChI=1S/C15H23N3O3/c1-4-9-17(10-5-2)15(19)13-11-12(16-6-3)7-8-14(13)18(20)21/h7-8,11,16H,4-6,9-10H2,1-3H3. The van der Waals surface area contributed by atoms with Gasteiger partial charge in [-0.15, -0.1) is 0 Å². The molecule has 0 aliphatic rings. The lowest BCUT2D eigenvalue weighted by Crippen LogP contribution is -2.33. The van der Waals surface area contributed by atoms with Crippen molar-refractivity contribution in [2.75, 3.05) is 25.0 Å².